The molecule has 122 valence electrons. The second-order valence-electron chi connectivity index (χ2n) is 5.13. The Hall–Kier alpha value is -1.85. The molecule has 7 heteroatoms. The molecule has 0 aliphatic heterocycles. The summed E-state index contributed by atoms with van der Waals surface area (Å²) in [5.41, 5.74) is 0.704. The molecule has 0 spiro atoms. The van der Waals surface area contributed by atoms with Crippen LogP contribution in [0.1, 0.15) is 30.3 Å². The highest BCUT2D eigenvalue weighted by Crippen LogP contribution is 2.25. The van der Waals surface area contributed by atoms with Gasteiger partial charge in [-0.15, -0.1) is 10.2 Å². The van der Waals surface area contributed by atoms with Gasteiger partial charge in [-0.05, 0) is 36.8 Å². The molecule has 5 nitrogen and oxygen atoms in total. The van der Waals surface area contributed by atoms with E-state index >= 15 is 0 Å². The van der Waals surface area contributed by atoms with Crippen molar-refractivity contribution in [1.29, 1.82) is 0 Å². The van der Waals surface area contributed by atoms with E-state index in [9.17, 15) is 4.79 Å². The summed E-state index contributed by atoms with van der Waals surface area (Å²) < 4.78 is 0. The van der Waals surface area contributed by atoms with Crippen molar-refractivity contribution in [3.8, 4) is 0 Å². The van der Waals surface area contributed by atoms with Crippen LogP contribution in [-0.2, 0) is 0 Å². The van der Waals surface area contributed by atoms with Crippen LogP contribution in [0.5, 0.6) is 0 Å². The molecule has 23 heavy (non-hydrogen) atoms. The maximum Gasteiger partial charge on any atom is 0.276 e. The molecule has 1 aromatic carbocycles. The van der Waals surface area contributed by atoms with Crippen LogP contribution < -0.4 is 10.2 Å². The molecular formula is C16H18Cl2N4O. The van der Waals surface area contributed by atoms with Crippen LogP contribution in [0.3, 0.4) is 0 Å². The van der Waals surface area contributed by atoms with Gasteiger partial charge in [0.1, 0.15) is 0 Å². The minimum Gasteiger partial charge on any atom is -0.358 e. The van der Waals surface area contributed by atoms with Crippen LogP contribution in [-0.4, -0.2) is 29.7 Å². The number of hydrogen-bond donors (Lipinski definition) is 1. The third-order valence-electron chi connectivity index (χ3n) is 3.30. The summed E-state index contributed by atoms with van der Waals surface area (Å²) in [5.74, 6) is 0.365. The Labute approximate surface area is 145 Å². The molecule has 2 aromatic rings. The molecule has 0 aliphatic carbocycles. The fraction of sp³-hybridized carbons (Fsp3) is 0.312. The number of amides is 1. The van der Waals surface area contributed by atoms with Gasteiger partial charge in [-0.25, -0.2) is 0 Å². The van der Waals surface area contributed by atoms with E-state index in [2.05, 4.69) is 22.4 Å². The van der Waals surface area contributed by atoms with Crippen molar-refractivity contribution in [2.75, 3.05) is 23.8 Å². The van der Waals surface area contributed by atoms with Gasteiger partial charge < -0.3 is 10.2 Å². The summed E-state index contributed by atoms with van der Waals surface area (Å²) in [4.78, 5) is 14.2. The van der Waals surface area contributed by atoms with Crippen LogP contribution in [0, 0.1) is 0 Å². The van der Waals surface area contributed by atoms with Crippen LogP contribution in [0.2, 0.25) is 10.0 Å². The Bertz CT molecular complexity index is 676. The Morgan fingerprint density at radius 3 is 2.61 bits per heavy atom. The third kappa shape index (κ3) is 4.81. The van der Waals surface area contributed by atoms with E-state index in [0.717, 1.165) is 25.2 Å². The molecule has 1 heterocycles. The average Bonchev–Trinajstić information content (AvgIpc) is 2.55. The quantitative estimate of drug-likeness (QED) is 0.843. The number of halogens is 2. The Morgan fingerprint density at radius 1 is 1.22 bits per heavy atom. The van der Waals surface area contributed by atoms with Gasteiger partial charge in [0.15, 0.2) is 11.5 Å². The van der Waals surface area contributed by atoms with E-state index < -0.39 is 0 Å². The highest BCUT2D eigenvalue weighted by Gasteiger charge is 2.12. The lowest BCUT2D eigenvalue weighted by Gasteiger charge is -2.16. The number of nitrogens with one attached hydrogen (secondary N) is 1. The van der Waals surface area contributed by atoms with Crippen molar-refractivity contribution in [3.63, 3.8) is 0 Å². The maximum atomic E-state index is 12.2. The molecule has 1 amide bonds. The topological polar surface area (TPSA) is 58.1 Å². The van der Waals surface area contributed by atoms with Gasteiger partial charge in [0.05, 0.1) is 10.7 Å². The van der Waals surface area contributed by atoms with E-state index in [1.807, 2.05) is 11.9 Å². The maximum absolute atomic E-state index is 12.2. The fourth-order valence-corrected chi connectivity index (χ4v) is 2.39. The number of anilines is 2. The summed E-state index contributed by atoms with van der Waals surface area (Å²) >= 11 is 11.9. The molecule has 0 unspecified atom stereocenters. The van der Waals surface area contributed by atoms with Gasteiger partial charge in [-0.2, -0.15) is 0 Å². The Kier molecular flexibility index (Phi) is 6.19. The second kappa shape index (κ2) is 8.13. The number of benzene rings is 1. The molecule has 1 N–H and O–H groups in total. The van der Waals surface area contributed by atoms with Gasteiger partial charge in [0.2, 0.25) is 0 Å². The first kappa shape index (κ1) is 17.5. The number of nitrogens with zero attached hydrogens (tertiary/aromatic N) is 3. The lowest BCUT2D eigenvalue weighted by Crippen LogP contribution is -2.21. The molecule has 2 rings (SSSR count). The van der Waals surface area contributed by atoms with Crippen LogP contribution >= 0.6 is 23.2 Å². The normalized spacial score (nSPS) is 10.4. The number of unbranched alkanes of at least 4 members (excludes halogenated alkanes) is 1. The van der Waals surface area contributed by atoms with Crippen molar-refractivity contribution in [1.82, 2.24) is 10.2 Å². The highest BCUT2D eigenvalue weighted by molar-refractivity contribution is 6.36. The van der Waals surface area contributed by atoms with E-state index in [-0.39, 0.29) is 11.6 Å². The van der Waals surface area contributed by atoms with Crippen LogP contribution in [0.15, 0.2) is 30.3 Å². The Balaban J connectivity index is 2.05. The first-order valence-electron chi connectivity index (χ1n) is 7.32. The SMILES string of the molecule is CCCCN(C)c1ccc(C(=O)Nc2ccc(Cl)cc2Cl)nn1. The summed E-state index contributed by atoms with van der Waals surface area (Å²) in [5, 5.41) is 11.6. The smallest absolute Gasteiger partial charge is 0.276 e. The van der Waals surface area contributed by atoms with Gasteiger partial charge >= 0.3 is 0 Å². The standard InChI is InChI=1S/C16H18Cl2N4O/c1-3-4-9-22(2)15-8-7-14(20-21-15)16(23)19-13-6-5-11(17)10-12(13)18/h5-8,10H,3-4,9H2,1-2H3,(H,19,23). The van der Waals surface area contributed by atoms with Crippen LogP contribution in [0.25, 0.3) is 0 Å². The number of rotatable bonds is 6. The monoisotopic (exact) mass is 352 g/mol. The first-order chi connectivity index (χ1) is 11.0. The first-order valence-corrected chi connectivity index (χ1v) is 8.08. The van der Waals surface area contributed by atoms with Crippen molar-refractivity contribution in [2.45, 2.75) is 19.8 Å². The van der Waals surface area contributed by atoms with Crippen molar-refractivity contribution in [2.24, 2.45) is 0 Å². The third-order valence-corrected chi connectivity index (χ3v) is 3.85. The van der Waals surface area contributed by atoms with Gasteiger partial charge in [-0.3, -0.25) is 4.79 Å². The average molecular weight is 353 g/mol. The largest absolute Gasteiger partial charge is 0.358 e. The van der Waals surface area contributed by atoms with E-state index in [4.69, 9.17) is 23.2 Å². The molecule has 0 atom stereocenters. The molecule has 0 aliphatic rings. The van der Waals surface area contributed by atoms with Crippen molar-refractivity contribution >= 4 is 40.6 Å². The van der Waals surface area contributed by atoms with E-state index in [1.54, 1.807) is 30.3 Å². The molecule has 0 fully saturated rings. The zero-order chi connectivity index (χ0) is 16.8. The zero-order valence-electron chi connectivity index (χ0n) is 13.0. The number of hydrogen-bond acceptors (Lipinski definition) is 4. The summed E-state index contributed by atoms with van der Waals surface area (Å²) in [6, 6.07) is 8.28. The molecule has 0 radical (unpaired) electrons. The molecule has 1 aromatic heterocycles. The number of carbonyl (C=O) groups is 1. The minimum atomic E-state index is -0.371. The highest BCUT2D eigenvalue weighted by atomic mass is 35.5. The van der Waals surface area contributed by atoms with Crippen LogP contribution in [0.4, 0.5) is 11.5 Å². The van der Waals surface area contributed by atoms with E-state index in [0.29, 0.717) is 15.7 Å². The van der Waals surface area contributed by atoms with E-state index in [1.165, 1.54) is 0 Å². The Morgan fingerprint density at radius 2 is 2.00 bits per heavy atom. The summed E-state index contributed by atoms with van der Waals surface area (Å²) in [7, 11) is 1.95. The fourth-order valence-electron chi connectivity index (χ4n) is 1.94. The predicted octanol–water partition coefficient (Wildman–Crippen LogP) is 4.27. The number of aromatic nitrogens is 2. The van der Waals surface area contributed by atoms with Gasteiger partial charge in [0.25, 0.3) is 5.91 Å². The lowest BCUT2D eigenvalue weighted by atomic mass is 10.3. The zero-order valence-corrected chi connectivity index (χ0v) is 14.5. The van der Waals surface area contributed by atoms with Gasteiger partial charge in [-0.1, -0.05) is 36.5 Å². The van der Waals surface area contributed by atoms with Crippen molar-refractivity contribution < 1.29 is 4.79 Å². The predicted molar refractivity (Wildman–Crippen MR) is 94.6 cm³/mol. The van der Waals surface area contributed by atoms with Gasteiger partial charge in [0, 0.05) is 18.6 Å². The summed E-state index contributed by atoms with van der Waals surface area (Å²) in [6.45, 7) is 3.03. The summed E-state index contributed by atoms with van der Waals surface area (Å²) in [6.07, 6.45) is 2.19. The second-order valence-corrected chi connectivity index (χ2v) is 5.97. The molecule has 0 saturated carbocycles. The minimum absolute atomic E-state index is 0.226. The lowest BCUT2D eigenvalue weighted by molar-refractivity contribution is 0.102. The number of carbonyl (C=O) groups excluding carboxylic acids is 1. The molecule has 0 saturated heterocycles. The van der Waals surface area contributed by atoms with Crippen molar-refractivity contribution in [3.05, 3.63) is 46.1 Å². The molecule has 0 bridgehead atoms. The molecular weight excluding hydrogens is 335 g/mol.